The second-order valence-corrected chi connectivity index (χ2v) is 14.4. The normalized spacial score (nSPS) is 12.2. The highest BCUT2D eigenvalue weighted by molar-refractivity contribution is 7.92. The maximum Gasteiger partial charge on any atom is 0.264 e. The predicted octanol–water partition coefficient (Wildman–Crippen LogP) is 7.70. The number of benzene rings is 4. The van der Waals surface area contributed by atoms with Crippen LogP contribution in [0.4, 0.5) is 5.69 Å². The fourth-order valence-corrected chi connectivity index (χ4v) is 6.66. The summed E-state index contributed by atoms with van der Waals surface area (Å²) in [6.45, 7) is 6.70. The largest absolute Gasteiger partial charge is 0.457 e. The van der Waals surface area contributed by atoms with E-state index in [1.807, 2.05) is 39.0 Å². The summed E-state index contributed by atoms with van der Waals surface area (Å²) in [5.41, 5.74) is 0.235. The van der Waals surface area contributed by atoms with Crippen molar-refractivity contribution in [2.45, 2.75) is 57.1 Å². The van der Waals surface area contributed by atoms with E-state index >= 15 is 0 Å². The number of carbonyl (C=O) groups excluding carboxylic acids is 2. The molecule has 242 valence electrons. The molecule has 1 N–H and O–H groups in total. The van der Waals surface area contributed by atoms with Crippen LogP contribution in [0.15, 0.2) is 108 Å². The zero-order valence-corrected chi connectivity index (χ0v) is 28.4. The maximum absolute atomic E-state index is 14.3. The number of sulfonamides is 1. The van der Waals surface area contributed by atoms with E-state index in [-0.39, 0.29) is 29.5 Å². The van der Waals surface area contributed by atoms with Gasteiger partial charge in [0.2, 0.25) is 11.8 Å². The molecule has 11 heteroatoms. The van der Waals surface area contributed by atoms with E-state index in [1.54, 1.807) is 79.7 Å². The van der Waals surface area contributed by atoms with Gasteiger partial charge >= 0.3 is 0 Å². The molecule has 0 heterocycles. The molecule has 0 spiro atoms. The number of nitrogens with one attached hydrogen (secondary N) is 1. The van der Waals surface area contributed by atoms with Crippen molar-refractivity contribution in [3.63, 3.8) is 0 Å². The maximum atomic E-state index is 14.3. The number of rotatable bonds is 12. The van der Waals surface area contributed by atoms with Gasteiger partial charge in [-0.1, -0.05) is 72.6 Å². The molecule has 0 aliphatic heterocycles. The zero-order valence-electron chi connectivity index (χ0n) is 26.1. The summed E-state index contributed by atoms with van der Waals surface area (Å²) in [5.74, 6) is 0.149. The molecular weight excluding hydrogens is 645 g/mol. The molecule has 0 radical (unpaired) electrons. The fourth-order valence-electron chi connectivity index (χ4n) is 4.76. The Hall–Kier alpha value is -4.05. The van der Waals surface area contributed by atoms with Gasteiger partial charge in [-0.3, -0.25) is 13.9 Å². The number of ether oxygens (including phenoxy) is 1. The van der Waals surface area contributed by atoms with E-state index in [0.717, 1.165) is 4.31 Å². The van der Waals surface area contributed by atoms with E-state index in [2.05, 4.69) is 5.32 Å². The fraction of sp³-hybridized carbons (Fsp3) is 0.257. The number of nitrogens with zero attached hydrogens (tertiary/aromatic N) is 2. The molecule has 0 aromatic heterocycles. The Morgan fingerprint density at radius 3 is 2.00 bits per heavy atom. The first kappa shape index (κ1) is 34.8. The highest BCUT2D eigenvalue weighted by Gasteiger charge is 2.35. The predicted molar refractivity (Wildman–Crippen MR) is 183 cm³/mol. The quantitative estimate of drug-likeness (QED) is 0.165. The van der Waals surface area contributed by atoms with E-state index in [9.17, 15) is 18.0 Å². The molecule has 0 saturated carbocycles. The van der Waals surface area contributed by atoms with Crippen LogP contribution in [0.1, 0.15) is 39.7 Å². The van der Waals surface area contributed by atoms with Gasteiger partial charge in [0.1, 0.15) is 24.1 Å². The minimum atomic E-state index is -4.22. The monoisotopic (exact) mass is 681 g/mol. The Morgan fingerprint density at radius 2 is 1.43 bits per heavy atom. The average molecular weight is 683 g/mol. The van der Waals surface area contributed by atoms with E-state index < -0.39 is 34.1 Å². The average Bonchev–Trinajstić information content (AvgIpc) is 3.01. The summed E-state index contributed by atoms with van der Waals surface area (Å²) in [4.78, 5) is 29.2. The van der Waals surface area contributed by atoms with Crippen molar-refractivity contribution in [1.29, 1.82) is 0 Å². The van der Waals surface area contributed by atoms with Crippen LogP contribution in [-0.4, -0.2) is 43.3 Å². The molecule has 8 nitrogen and oxygen atoms in total. The Bertz CT molecular complexity index is 1750. The summed E-state index contributed by atoms with van der Waals surface area (Å²) in [5, 5.41) is 3.69. The number of carbonyl (C=O) groups is 2. The van der Waals surface area contributed by atoms with Crippen LogP contribution in [0, 0.1) is 0 Å². The molecule has 46 heavy (non-hydrogen) atoms. The van der Waals surface area contributed by atoms with Crippen LogP contribution in [0.5, 0.6) is 11.5 Å². The minimum absolute atomic E-state index is 0.0113. The van der Waals surface area contributed by atoms with Crippen LogP contribution in [-0.2, 0) is 26.2 Å². The number of amides is 2. The lowest BCUT2D eigenvalue weighted by atomic mass is 10.1. The van der Waals surface area contributed by atoms with E-state index in [1.165, 1.54) is 17.0 Å². The summed E-state index contributed by atoms with van der Waals surface area (Å²) in [6.07, 6.45) is 0.274. The lowest BCUT2D eigenvalue weighted by Gasteiger charge is -2.35. The van der Waals surface area contributed by atoms with Crippen molar-refractivity contribution in [1.82, 2.24) is 10.2 Å². The topological polar surface area (TPSA) is 96.0 Å². The third-order valence-electron chi connectivity index (χ3n) is 6.95. The van der Waals surface area contributed by atoms with Crippen LogP contribution in [0.25, 0.3) is 0 Å². The number of hydrogen-bond acceptors (Lipinski definition) is 5. The van der Waals surface area contributed by atoms with Crippen LogP contribution < -0.4 is 14.4 Å². The van der Waals surface area contributed by atoms with Crippen LogP contribution in [0.2, 0.25) is 10.0 Å². The SMILES string of the molecule is CC[C@H](C(=O)NC(C)(C)C)N(Cc1ccc(Cl)cc1Cl)C(=O)CN(c1ccc(Oc2ccccc2)cc1)S(=O)(=O)c1ccccc1. The summed E-state index contributed by atoms with van der Waals surface area (Å²) < 4.78 is 35.1. The molecule has 4 aromatic rings. The van der Waals surface area contributed by atoms with Gasteiger partial charge in [-0.05, 0) is 93.4 Å². The van der Waals surface area contributed by atoms with Gasteiger partial charge < -0.3 is 15.0 Å². The Balaban J connectivity index is 1.74. The van der Waals surface area contributed by atoms with E-state index in [0.29, 0.717) is 27.1 Å². The standard InChI is InChI=1S/C35H37Cl2N3O5S/c1-5-32(34(42)38-35(2,3)4)39(23-25-16-17-26(36)22-31(25)37)33(41)24-40(46(43,44)30-14-10-7-11-15-30)27-18-20-29(21-19-27)45-28-12-8-6-9-13-28/h6-22,32H,5,23-24H2,1-4H3,(H,38,42)/t32-/m1/s1. The van der Waals surface area contributed by atoms with Crippen molar-refractivity contribution < 1.29 is 22.7 Å². The third kappa shape index (κ3) is 9.02. The zero-order chi connectivity index (χ0) is 33.5. The smallest absolute Gasteiger partial charge is 0.264 e. The van der Waals surface area contributed by atoms with Gasteiger partial charge in [0, 0.05) is 22.1 Å². The third-order valence-corrected chi connectivity index (χ3v) is 9.33. The van der Waals surface area contributed by atoms with Crippen molar-refractivity contribution in [3.8, 4) is 11.5 Å². The number of halogens is 2. The Kier molecular flexibility index (Phi) is 11.4. The molecule has 2 amide bonds. The van der Waals surface area contributed by atoms with Gasteiger partial charge in [-0.25, -0.2) is 8.42 Å². The van der Waals surface area contributed by atoms with Gasteiger partial charge in [0.15, 0.2) is 0 Å². The molecule has 0 bridgehead atoms. The van der Waals surface area contributed by atoms with Gasteiger partial charge in [0.25, 0.3) is 10.0 Å². The molecule has 0 unspecified atom stereocenters. The highest BCUT2D eigenvalue weighted by Crippen LogP contribution is 2.29. The van der Waals surface area contributed by atoms with Crippen molar-refractivity contribution >= 4 is 50.7 Å². The molecule has 0 aliphatic carbocycles. The van der Waals surface area contributed by atoms with Crippen molar-refractivity contribution in [3.05, 3.63) is 119 Å². The molecule has 4 rings (SSSR count). The molecule has 0 saturated heterocycles. The summed E-state index contributed by atoms with van der Waals surface area (Å²) in [7, 11) is -4.22. The molecule has 0 fully saturated rings. The summed E-state index contributed by atoms with van der Waals surface area (Å²) >= 11 is 12.6. The molecule has 1 atom stereocenters. The second-order valence-electron chi connectivity index (χ2n) is 11.7. The first-order valence-electron chi connectivity index (χ1n) is 14.7. The van der Waals surface area contributed by atoms with Crippen molar-refractivity contribution in [2.24, 2.45) is 0 Å². The number of para-hydroxylation sites is 1. The first-order chi connectivity index (χ1) is 21.8. The molecule has 0 aliphatic rings. The Labute approximate surface area is 280 Å². The van der Waals surface area contributed by atoms with Crippen molar-refractivity contribution in [2.75, 3.05) is 10.8 Å². The lowest BCUT2D eigenvalue weighted by molar-refractivity contribution is -0.141. The Morgan fingerprint density at radius 1 is 0.848 bits per heavy atom. The van der Waals surface area contributed by atoms with Crippen LogP contribution >= 0.6 is 23.2 Å². The highest BCUT2D eigenvalue weighted by atomic mass is 35.5. The number of anilines is 1. The van der Waals surface area contributed by atoms with Gasteiger partial charge in [0.05, 0.1) is 10.6 Å². The van der Waals surface area contributed by atoms with E-state index in [4.69, 9.17) is 27.9 Å². The minimum Gasteiger partial charge on any atom is -0.457 e. The summed E-state index contributed by atoms with van der Waals surface area (Å²) in [6, 6.07) is 27.5. The molecule has 4 aromatic carbocycles. The van der Waals surface area contributed by atoms with Gasteiger partial charge in [-0.2, -0.15) is 0 Å². The molecular formula is C35H37Cl2N3O5S. The van der Waals surface area contributed by atoms with Gasteiger partial charge in [-0.15, -0.1) is 0 Å². The number of hydrogen-bond donors (Lipinski definition) is 1. The second kappa shape index (κ2) is 15.0. The first-order valence-corrected chi connectivity index (χ1v) is 16.9. The van der Waals surface area contributed by atoms with Crippen LogP contribution in [0.3, 0.4) is 0 Å². The lowest BCUT2D eigenvalue weighted by Crippen LogP contribution is -2.55.